The standard InChI is InChI=1S/C20H19FN2O2/c21-16-7-5-14(6-8-16)19-13-23(9-10-25-19)20(24)11-15-12-22-18-4-2-1-3-17(15)18/h1-8,12,19,22H,9-11,13H2. The maximum atomic E-state index is 13.1. The first-order valence-corrected chi connectivity index (χ1v) is 8.40. The highest BCUT2D eigenvalue weighted by atomic mass is 19.1. The summed E-state index contributed by atoms with van der Waals surface area (Å²) in [5, 5.41) is 1.08. The highest BCUT2D eigenvalue weighted by molar-refractivity contribution is 5.88. The molecule has 2 heterocycles. The van der Waals surface area contributed by atoms with Gasteiger partial charge in [-0.1, -0.05) is 30.3 Å². The number of aromatic amines is 1. The Morgan fingerprint density at radius 3 is 2.84 bits per heavy atom. The Kier molecular flexibility index (Phi) is 4.24. The van der Waals surface area contributed by atoms with E-state index in [1.807, 2.05) is 35.4 Å². The molecule has 5 heteroatoms. The predicted octanol–water partition coefficient (Wildman–Crippen LogP) is 3.45. The molecule has 1 aliphatic heterocycles. The number of carbonyl (C=O) groups is 1. The molecule has 1 fully saturated rings. The number of carbonyl (C=O) groups excluding carboxylic acids is 1. The Balaban J connectivity index is 1.47. The number of nitrogens with one attached hydrogen (secondary N) is 1. The molecule has 3 aromatic rings. The first kappa shape index (κ1) is 15.8. The fourth-order valence-corrected chi connectivity index (χ4v) is 3.31. The number of amides is 1. The molecule has 4 rings (SSSR count). The molecule has 0 aliphatic carbocycles. The number of morpholine rings is 1. The SMILES string of the molecule is O=C(Cc1c[nH]c2ccccc12)N1CCOC(c2ccc(F)cc2)C1. The van der Waals surface area contributed by atoms with Crippen molar-refractivity contribution in [3.63, 3.8) is 0 Å². The van der Waals surface area contributed by atoms with Gasteiger partial charge in [0.2, 0.25) is 5.91 Å². The topological polar surface area (TPSA) is 45.3 Å². The lowest BCUT2D eigenvalue weighted by Crippen LogP contribution is -2.42. The zero-order valence-corrected chi connectivity index (χ0v) is 13.7. The molecular formula is C20H19FN2O2. The molecule has 128 valence electrons. The number of benzene rings is 2. The number of para-hydroxylation sites is 1. The summed E-state index contributed by atoms with van der Waals surface area (Å²) in [6, 6.07) is 14.2. The van der Waals surface area contributed by atoms with Crippen LogP contribution in [0.5, 0.6) is 0 Å². The Labute approximate surface area is 145 Å². The summed E-state index contributed by atoms with van der Waals surface area (Å²) in [5.41, 5.74) is 2.94. The van der Waals surface area contributed by atoms with Crippen molar-refractivity contribution in [3.05, 3.63) is 71.7 Å². The van der Waals surface area contributed by atoms with Gasteiger partial charge in [0.1, 0.15) is 11.9 Å². The summed E-state index contributed by atoms with van der Waals surface area (Å²) in [4.78, 5) is 17.8. The largest absolute Gasteiger partial charge is 0.370 e. The fraction of sp³-hybridized carbons (Fsp3) is 0.250. The summed E-state index contributed by atoms with van der Waals surface area (Å²) in [6.07, 6.45) is 2.06. The summed E-state index contributed by atoms with van der Waals surface area (Å²) in [5.74, 6) is -0.188. The van der Waals surface area contributed by atoms with E-state index in [1.165, 1.54) is 12.1 Å². The highest BCUT2D eigenvalue weighted by Gasteiger charge is 2.25. The molecule has 0 saturated carbocycles. The molecule has 0 bridgehead atoms. The van der Waals surface area contributed by atoms with Crippen molar-refractivity contribution < 1.29 is 13.9 Å². The lowest BCUT2D eigenvalue weighted by Gasteiger charge is -2.33. The van der Waals surface area contributed by atoms with Gasteiger partial charge in [-0.05, 0) is 29.3 Å². The van der Waals surface area contributed by atoms with Gasteiger partial charge in [-0.2, -0.15) is 0 Å². The second-order valence-corrected chi connectivity index (χ2v) is 6.29. The van der Waals surface area contributed by atoms with Gasteiger partial charge < -0.3 is 14.6 Å². The number of nitrogens with zero attached hydrogens (tertiary/aromatic N) is 1. The van der Waals surface area contributed by atoms with E-state index in [0.29, 0.717) is 26.1 Å². The minimum atomic E-state index is -0.271. The van der Waals surface area contributed by atoms with Crippen LogP contribution in [0, 0.1) is 5.82 Å². The molecule has 0 radical (unpaired) electrons. The maximum Gasteiger partial charge on any atom is 0.227 e. The average Bonchev–Trinajstić information content (AvgIpc) is 3.05. The summed E-state index contributed by atoms with van der Waals surface area (Å²) < 4.78 is 18.9. The molecule has 4 nitrogen and oxygen atoms in total. The van der Waals surface area contributed by atoms with Crippen LogP contribution in [0.4, 0.5) is 4.39 Å². The molecule has 1 saturated heterocycles. The fourth-order valence-electron chi connectivity index (χ4n) is 3.31. The number of hydrogen-bond donors (Lipinski definition) is 1. The molecular weight excluding hydrogens is 319 g/mol. The Bertz CT molecular complexity index is 888. The van der Waals surface area contributed by atoms with Gasteiger partial charge in [0.15, 0.2) is 0 Å². The summed E-state index contributed by atoms with van der Waals surface area (Å²) in [7, 11) is 0. The first-order valence-electron chi connectivity index (χ1n) is 8.40. The third-order valence-electron chi connectivity index (χ3n) is 4.68. The molecule has 1 amide bonds. The van der Waals surface area contributed by atoms with Crippen LogP contribution in [-0.2, 0) is 16.0 Å². The van der Waals surface area contributed by atoms with Crippen molar-refractivity contribution in [2.75, 3.05) is 19.7 Å². The highest BCUT2D eigenvalue weighted by Crippen LogP contribution is 2.24. The Morgan fingerprint density at radius 2 is 2.00 bits per heavy atom. The van der Waals surface area contributed by atoms with E-state index >= 15 is 0 Å². The van der Waals surface area contributed by atoms with Crippen molar-refractivity contribution in [1.29, 1.82) is 0 Å². The lowest BCUT2D eigenvalue weighted by atomic mass is 10.1. The van der Waals surface area contributed by atoms with E-state index in [4.69, 9.17) is 4.74 Å². The Morgan fingerprint density at radius 1 is 1.20 bits per heavy atom. The van der Waals surface area contributed by atoms with Crippen molar-refractivity contribution in [1.82, 2.24) is 9.88 Å². The van der Waals surface area contributed by atoms with Crippen LogP contribution in [-0.4, -0.2) is 35.5 Å². The van der Waals surface area contributed by atoms with Gasteiger partial charge in [0.05, 0.1) is 19.6 Å². The zero-order valence-electron chi connectivity index (χ0n) is 13.7. The van der Waals surface area contributed by atoms with Gasteiger partial charge in [0.25, 0.3) is 0 Å². The number of ether oxygens (including phenoxy) is 1. The predicted molar refractivity (Wildman–Crippen MR) is 93.7 cm³/mol. The Hall–Kier alpha value is -2.66. The molecule has 1 atom stereocenters. The second-order valence-electron chi connectivity index (χ2n) is 6.29. The van der Waals surface area contributed by atoms with Crippen LogP contribution in [0.1, 0.15) is 17.2 Å². The molecule has 0 spiro atoms. The van der Waals surface area contributed by atoms with Crippen LogP contribution in [0.25, 0.3) is 10.9 Å². The molecule has 1 unspecified atom stereocenters. The molecule has 25 heavy (non-hydrogen) atoms. The van der Waals surface area contributed by atoms with Crippen LogP contribution in [0.3, 0.4) is 0 Å². The molecule has 2 aromatic carbocycles. The number of fused-ring (bicyclic) bond motifs is 1. The van der Waals surface area contributed by atoms with Crippen LogP contribution in [0.2, 0.25) is 0 Å². The zero-order chi connectivity index (χ0) is 17.2. The average molecular weight is 338 g/mol. The van der Waals surface area contributed by atoms with Crippen LogP contribution < -0.4 is 0 Å². The van der Waals surface area contributed by atoms with E-state index in [1.54, 1.807) is 12.1 Å². The van der Waals surface area contributed by atoms with Gasteiger partial charge in [-0.3, -0.25) is 4.79 Å². The summed E-state index contributed by atoms with van der Waals surface area (Å²) in [6.45, 7) is 1.56. The van der Waals surface area contributed by atoms with Crippen molar-refractivity contribution in [2.45, 2.75) is 12.5 Å². The second kappa shape index (κ2) is 6.69. The van der Waals surface area contributed by atoms with Gasteiger partial charge in [-0.15, -0.1) is 0 Å². The number of aromatic nitrogens is 1. The number of hydrogen-bond acceptors (Lipinski definition) is 2. The number of rotatable bonds is 3. The first-order chi connectivity index (χ1) is 12.2. The lowest BCUT2D eigenvalue weighted by molar-refractivity contribution is -0.138. The number of halogens is 1. The van der Waals surface area contributed by atoms with E-state index in [9.17, 15) is 9.18 Å². The van der Waals surface area contributed by atoms with E-state index in [2.05, 4.69) is 4.98 Å². The van der Waals surface area contributed by atoms with Crippen molar-refractivity contribution in [2.24, 2.45) is 0 Å². The van der Waals surface area contributed by atoms with E-state index < -0.39 is 0 Å². The van der Waals surface area contributed by atoms with E-state index in [0.717, 1.165) is 22.0 Å². The third-order valence-corrected chi connectivity index (χ3v) is 4.68. The van der Waals surface area contributed by atoms with Gasteiger partial charge in [-0.25, -0.2) is 4.39 Å². The van der Waals surface area contributed by atoms with Gasteiger partial charge >= 0.3 is 0 Å². The van der Waals surface area contributed by atoms with Crippen molar-refractivity contribution in [3.8, 4) is 0 Å². The molecule has 1 aliphatic rings. The summed E-state index contributed by atoms with van der Waals surface area (Å²) >= 11 is 0. The normalized spacial score (nSPS) is 17.8. The van der Waals surface area contributed by atoms with Crippen LogP contribution >= 0.6 is 0 Å². The quantitative estimate of drug-likeness (QED) is 0.795. The molecule has 1 N–H and O–H groups in total. The monoisotopic (exact) mass is 338 g/mol. The van der Waals surface area contributed by atoms with Crippen molar-refractivity contribution >= 4 is 16.8 Å². The van der Waals surface area contributed by atoms with E-state index in [-0.39, 0.29) is 17.8 Å². The van der Waals surface area contributed by atoms with Crippen LogP contribution in [0.15, 0.2) is 54.7 Å². The third kappa shape index (κ3) is 3.28. The number of H-pyrrole nitrogens is 1. The minimum absolute atomic E-state index is 0.0835. The van der Waals surface area contributed by atoms with Gasteiger partial charge in [0, 0.05) is 23.6 Å². The smallest absolute Gasteiger partial charge is 0.227 e. The molecule has 1 aromatic heterocycles. The maximum absolute atomic E-state index is 13.1. The minimum Gasteiger partial charge on any atom is -0.370 e.